The molecule has 1 aliphatic heterocycles. The second-order valence-electron chi connectivity index (χ2n) is 5.87. The highest BCUT2D eigenvalue weighted by atomic mass is 19.2. The van der Waals surface area contributed by atoms with Crippen molar-refractivity contribution in [3.05, 3.63) is 58.9 Å². The maximum atomic E-state index is 13.5. The number of piperidine rings is 1. The molecule has 1 aliphatic rings. The summed E-state index contributed by atoms with van der Waals surface area (Å²) in [6.45, 7) is 3.21. The molecular formula is C17H19F2N3O. The molecule has 0 spiro atoms. The van der Waals surface area contributed by atoms with Crippen molar-refractivity contribution >= 4 is 5.91 Å². The highest BCUT2D eigenvalue weighted by Crippen LogP contribution is 2.27. The van der Waals surface area contributed by atoms with Gasteiger partial charge in [0.25, 0.3) is 5.91 Å². The van der Waals surface area contributed by atoms with E-state index in [1.807, 2.05) is 6.92 Å². The van der Waals surface area contributed by atoms with E-state index in [1.165, 1.54) is 6.07 Å². The summed E-state index contributed by atoms with van der Waals surface area (Å²) in [6, 6.07) is 5.52. The molecule has 3 rings (SSSR count). The molecule has 0 radical (unpaired) electrons. The molecule has 2 atom stereocenters. The van der Waals surface area contributed by atoms with Crippen molar-refractivity contribution in [2.75, 3.05) is 13.1 Å². The zero-order chi connectivity index (χ0) is 16.4. The summed E-state index contributed by atoms with van der Waals surface area (Å²) in [6.07, 6.45) is 2.47. The van der Waals surface area contributed by atoms with Gasteiger partial charge >= 0.3 is 0 Å². The first-order valence-electron chi connectivity index (χ1n) is 7.67. The lowest BCUT2D eigenvalue weighted by Crippen LogP contribution is -2.50. The Morgan fingerprint density at radius 3 is 2.78 bits per heavy atom. The molecule has 2 heterocycles. The Morgan fingerprint density at radius 1 is 1.26 bits per heavy atom. The number of hydrogen-bond donors (Lipinski definition) is 3. The first kappa shape index (κ1) is 15.7. The van der Waals surface area contributed by atoms with Crippen LogP contribution in [0.15, 0.2) is 30.5 Å². The molecule has 1 aromatic heterocycles. The van der Waals surface area contributed by atoms with Crippen LogP contribution in [-0.2, 0) is 0 Å². The molecule has 0 aliphatic carbocycles. The van der Waals surface area contributed by atoms with Gasteiger partial charge in [0.05, 0.1) is 5.56 Å². The Morgan fingerprint density at radius 2 is 2.09 bits per heavy atom. The lowest BCUT2D eigenvalue weighted by molar-refractivity contribution is 0.0924. The average molecular weight is 319 g/mol. The van der Waals surface area contributed by atoms with E-state index in [4.69, 9.17) is 0 Å². The van der Waals surface area contributed by atoms with Gasteiger partial charge in [0.2, 0.25) is 0 Å². The number of aromatic nitrogens is 1. The molecule has 4 nitrogen and oxygen atoms in total. The van der Waals surface area contributed by atoms with Crippen molar-refractivity contribution in [1.29, 1.82) is 0 Å². The van der Waals surface area contributed by atoms with Crippen molar-refractivity contribution in [2.45, 2.75) is 25.3 Å². The standard InChI is InChI=1S/C17H19F2N3O/c1-10-12(5-7-21-10)17(23)22-16-9-20-6-4-13(16)11-2-3-14(18)15(19)8-11/h2-3,5,7-8,13,16,20-21H,4,6,9H2,1H3,(H,22,23). The third-order valence-corrected chi connectivity index (χ3v) is 4.37. The van der Waals surface area contributed by atoms with Crippen molar-refractivity contribution in [3.63, 3.8) is 0 Å². The number of aromatic amines is 1. The predicted molar refractivity (Wildman–Crippen MR) is 83.4 cm³/mol. The van der Waals surface area contributed by atoms with Gasteiger partial charge in [-0.3, -0.25) is 4.79 Å². The van der Waals surface area contributed by atoms with Gasteiger partial charge in [-0.2, -0.15) is 0 Å². The van der Waals surface area contributed by atoms with E-state index in [0.717, 1.165) is 24.7 Å². The Kier molecular flexibility index (Phi) is 4.43. The van der Waals surface area contributed by atoms with E-state index in [1.54, 1.807) is 18.3 Å². The normalized spacial score (nSPS) is 21.2. The van der Waals surface area contributed by atoms with Crippen LogP contribution in [-0.4, -0.2) is 30.0 Å². The van der Waals surface area contributed by atoms with Gasteiger partial charge in [-0.05, 0) is 43.7 Å². The molecule has 23 heavy (non-hydrogen) atoms. The van der Waals surface area contributed by atoms with Gasteiger partial charge in [0.15, 0.2) is 11.6 Å². The summed E-state index contributed by atoms with van der Waals surface area (Å²) in [7, 11) is 0. The van der Waals surface area contributed by atoms with Crippen LogP contribution in [0.25, 0.3) is 0 Å². The Balaban J connectivity index is 1.80. The molecule has 0 saturated carbocycles. The van der Waals surface area contributed by atoms with E-state index < -0.39 is 11.6 Å². The molecule has 1 aromatic carbocycles. The van der Waals surface area contributed by atoms with Gasteiger partial charge in [-0.25, -0.2) is 8.78 Å². The number of rotatable bonds is 3. The maximum Gasteiger partial charge on any atom is 0.253 e. The first-order valence-corrected chi connectivity index (χ1v) is 7.67. The fourth-order valence-corrected chi connectivity index (χ4v) is 3.10. The van der Waals surface area contributed by atoms with Crippen LogP contribution in [0.4, 0.5) is 8.78 Å². The number of hydrogen-bond acceptors (Lipinski definition) is 2. The largest absolute Gasteiger partial charge is 0.365 e. The van der Waals surface area contributed by atoms with Crippen LogP contribution in [0.5, 0.6) is 0 Å². The van der Waals surface area contributed by atoms with Gasteiger partial charge in [0.1, 0.15) is 0 Å². The van der Waals surface area contributed by atoms with Crippen molar-refractivity contribution in [3.8, 4) is 0 Å². The minimum absolute atomic E-state index is 0.0467. The lowest BCUT2D eigenvalue weighted by Gasteiger charge is -2.33. The van der Waals surface area contributed by atoms with Crippen LogP contribution in [0, 0.1) is 18.6 Å². The minimum atomic E-state index is -0.855. The van der Waals surface area contributed by atoms with E-state index in [-0.39, 0.29) is 17.9 Å². The predicted octanol–water partition coefficient (Wildman–Crippen LogP) is 2.48. The van der Waals surface area contributed by atoms with E-state index >= 15 is 0 Å². The summed E-state index contributed by atoms with van der Waals surface area (Å²) < 4.78 is 26.7. The molecule has 6 heteroatoms. The number of aryl methyl sites for hydroxylation is 1. The van der Waals surface area contributed by atoms with Gasteiger partial charge in [0, 0.05) is 30.4 Å². The minimum Gasteiger partial charge on any atom is -0.365 e. The molecule has 2 unspecified atom stereocenters. The third-order valence-electron chi connectivity index (χ3n) is 4.37. The summed E-state index contributed by atoms with van der Waals surface area (Å²) in [5, 5.41) is 6.24. The number of nitrogens with one attached hydrogen (secondary N) is 3. The third kappa shape index (κ3) is 3.27. The molecule has 3 N–H and O–H groups in total. The molecule has 1 fully saturated rings. The van der Waals surface area contributed by atoms with Crippen LogP contribution in [0.3, 0.4) is 0 Å². The number of amides is 1. The molecule has 0 bridgehead atoms. The number of carbonyl (C=O) groups is 1. The van der Waals surface area contributed by atoms with E-state index in [9.17, 15) is 13.6 Å². The van der Waals surface area contributed by atoms with Crippen LogP contribution in [0.2, 0.25) is 0 Å². The summed E-state index contributed by atoms with van der Waals surface area (Å²) in [5.41, 5.74) is 2.11. The summed E-state index contributed by atoms with van der Waals surface area (Å²) in [5.74, 6) is -1.92. The quantitative estimate of drug-likeness (QED) is 0.814. The maximum absolute atomic E-state index is 13.5. The zero-order valence-corrected chi connectivity index (χ0v) is 12.8. The van der Waals surface area contributed by atoms with Crippen LogP contribution < -0.4 is 10.6 Å². The van der Waals surface area contributed by atoms with Gasteiger partial charge in [-0.15, -0.1) is 0 Å². The molecule has 1 amide bonds. The Bertz CT molecular complexity index is 714. The SMILES string of the molecule is Cc1[nH]ccc1C(=O)NC1CNCCC1c1ccc(F)c(F)c1. The Hall–Kier alpha value is -2.21. The van der Waals surface area contributed by atoms with Gasteiger partial charge < -0.3 is 15.6 Å². The fraction of sp³-hybridized carbons (Fsp3) is 0.353. The number of benzene rings is 1. The molecular weight excluding hydrogens is 300 g/mol. The van der Waals surface area contributed by atoms with Crippen molar-refractivity contribution in [1.82, 2.24) is 15.6 Å². The molecule has 122 valence electrons. The van der Waals surface area contributed by atoms with E-state index in [2.05, 4.69) is 15.6 Å². The smallest absolute Gasteiger partial charge is 0.253 e. The summed E-state index contributed by atoms with van der Waals surface area (Å²) in [4.78, 5) is 15.4. The van der Waals surface area contributed by atoms with Crippen molar-refractivity contribution in [2.24, 2.45) is 0 Å². The lowest BCUT2D eigenvalue weighted by atomic mass is 9.86. The number of carbonyl (C=O) groups excluding carboxylic acids is 1. The van der Waals surface area contributed by atoms with E-state index in [0.29, 0.717) is 17.7 Å². The molecule has 2 aromatic rings. The van der Waals surface area contributed by atoms with Crippen LogP contribution >= 0.6 is 0 Å². The van der Waals surface area contributed by atoms with Crippen LogP contribution in [0.1, 0.15) is 34.0 Å². The van der Waals surface area contributed by atoms with Crippen molar-refractivity contribution < 1.29 is 13.6 Å². The van der Waals surface area contributed by atoms with Gasteiger partial charge in [-0.1, -0.05) is 6.07 Å². The molecule has 1 saturated heterocycles. The zero-order valence-electron chi connectivity index (χ0n) is 12.8. The summed E-state index contributed by atoms with van der Waals surface area (Å²) >= 11 is 0. The second kappa shape index (κ2) is 6.50. The monoisotopic (exact) mass is 319 g/mol. The second-order valence-corrected chi connectivity index (χ2v) is 5.87. The average Bonchev–Trinajstić information content (AvgIpc) is 2.97. The Labute approximate surface area is 133 Å². The number of halogens is 2. The highest BCUT2D eigenvalue weighted by Gasteiger charge is 2.29. The topological polar surface area (TPSA) is 56.9 Å². The number of H-pyrrole nitrogens is 1. The first-order chi connectivity index (χ1) is 11.1. The highest BCUT2D eigenvalue weighted by molar-refractivity contribution is 5.95. The fourth-order valence-electron chi connectivity index (χ4n) is 3.10.